The molecule has 1 atom stereocenters. The molecule has 3 aromatic rings. The Bertz CT molecular complexity index is 1000. The number of unbranched alkanes of at least 4 members (excludes halogenated alkanes) is 15. The van der Waals surface area contributed by atoms with Crippen LogP contribution >= 0.6 is 31.9 Å². The SMILES string of the molecule is CCCCCCCCCCCCCCCCCCNCC(O)Cn1c2ccc(Br)cc2c2cc(Br)ccc21. The van der Waals surface area contributed by atoms with E-state index in [1.807, 2.05) is 0 Å². The summed E-state index contributed by atoms with van der Waals surface area (Å²) in [6, 6.07) is 12.8. The van der Waals surface area contributed by atoms with E-state index in [1.165, 1.54) is 114 Å². The number of benzene rings is 2. The van der Waals surface area contributed by atoms with E-state index in [-0.39, 0.29) is 0 Å². The van der Waals surface area contributed by atoms with Crippen molar-refractivity contribution in [2.75, 3.05) is 13.1 Å². The molecular formula is C33H50Br2N2O. The third-order valence-corrected chi connectivity index (χ3v) is 8.76. The van der Waals surface area contributed by atoms with Crippen LogP contribution in [0.2, 0.25) is 0 Å². The van der Waals surface area contributed by atoms with Crippen molar-refractivity contribution in [3.05, 3.63) is 45.3 Å². The average molecular weight is 651 g/mol. The van der Waals surface area contributed by atoms with Gasteiger partial charge in [-0.05, 0) is 49.4 Å². The van der Waals surface area contributed by atoms with Gasteiger partial charge in [-0.2, -0.15) is 0 Å². The molecule has 0 aliphatic heterocycles. The number of hydrogen-bond donors (Lipinski definition) is 2. The molecule has 0 fully saturated rings. The van der Waals surface area contributed by atoms with E-state index in [9.17, 15) is 5.11 Å². The lowest BCUT2D eigenvalue weighted by atomic mass is 10.0. The van der Waals surface area contributed by atoms with Crippen molar-refractivity contribution in [2.24, 2.45) is 0 Å². The Morgan fingerprint density at radius 1 is 0.658 bits per heavy atom. The molecule has 3 nitrogen and oxygen atoms in total. The number of aliphatic hydroxyl groups is 1. The first-order valence-electron chi connectivity index (χ1n) is 15.4. The average Bonchev–Trinajstić information content (AvgIpc) is 3.19. The Labute approximate surface area is 248 Å². The van der Waals surface area contributed by atoms with E-state index >= 15 is 0 Å². The van der Waals surface area contributed by atoms with Crippen molar-refractivity contribution in [1.82, 2.24) is 9.88 Å². The fraction of sp³-hybridized carbons (Fsp3) is 0.636. The molecule has 2 aromatic carbocycles. The van der Waals surface area contributed by atoms with E-state index < -0.39 is 6.10 Å². The van der Waals surface area contributed by atoms with Crippen LogP contribution in [0.5, 0.6) is 0 Å². The highest BCUT2D eigenvalue weighted by atomic mass is 79.9. The maximum atomic E-state index is 10.8. The van der Waals surface area contributed by atoms with Gasteiger partial charge >= 0.3 is 0 Å². The summed E-state index contributed by atoms with van der Waals surface area (Å²) in [4.78, 5) is 0. The molecule has 5 heteroatoms. The summed E-state index contributed by atoms with van der Waals surface area (Å²) >= 11 is 7.22. The van der Waals surface area contributed by atoms with Crippen LogP contribution in [0.4, 0.5) is 0 Å². The molecule has 3 rings (SSSR count). The second-order valence-electron chi connectivity index (χ2n) is 11.1. The molecule has 38 heavy (non-hydrogen) atoms. The molecule has 0 radical (unpaired) electrons. The largest absolute Gasteiger partial charge is 0.390 e. The first kappa shape index (κ1) is 31.6. The molecule has 0 bridgehead atoms. The van der Waals surface area contributed by atoms with E-state index in [0.29, 0.717) is 13.1 Å². The topological polar surface area (TPSA) is 37.2 Å². The minimum absolute atomic E-state index is 0.415. The minimum atomic E-state index is -0.415. The maximum Gasteiger partial charge on any atom is 0.0843 e. The van der Waals surface area contributed by atoms with Crippen molar-refractivity contribution in [1.29, 1.82) is 0 Å². The fourth-order valence-electron chi connectivity index (χ4n) is 5.59. The third kappa shape index (κ3) is 10.9. The number of aliphatic hydroxyl groups excluding tert-OH is 1. The van der Waals surface area contributed by atoms with Crippen LogP contribution in [0, 0.1) is 0 Å². The number of aromatic nitrogens is 1. The second kappa shape index (κ2) is 18.5. The molecule has 1 heterocycles. The number of nitrogens with one attached hydrogen (secondary N) is 1. The zero-order chi connectivity index (χ0) is 27.0. The lowest BCUT2D eigenvalue weighted by Crippen LogP contribution is -2.30. The third-order valence-electron chi connectivity index (χ3n) is 7.77. The number of hydrogen-bond acceptors (Lipinski definition) is 2. The van der Waals surface area contributed by atoms with Crippen LogP contribution in [0.3, 0.4) is 0 Å². The van der Waals surface area contributed by atoms with Gasteiger partial charge in [-0.3, -0.25) is 0 Å². The quantitative estimate of drug-likeness (QED) is 0.113. The normalized spacial score (nSPS) is 12.6. The molecule has 2 N–H and O–H groups in total. The first-order chi connectivity index (χ1) is 18.6. The molecule has 0 aliphatic carbocycles. The summed E-state index contributed by atoms with van der Waals surface area (Å²) < 4.78 is 4.40. The standard InChI is InChI=1S/C33H50Br2N2O/c1-2-3-4-5-6-7-8-9-10-11-12-13-14-15-16-17-22-36-25-29(38)26-37-32-20-18-27(34)23-30(32)31-24-28(35)19-21-33(31)37/h18-21,23-24,29,36,38H,2-17,22,25-26H2,1H3. The van der Waals surface area contributed by atoms with Crippen molar-refractivity contribution in [3.63, 3.8) is 0 Å². The van der Waals surface area contributed by atoms with E-state index in [1.54, 1.807) is 0 Å². The van der Waals surface area contributed by atoms with Gasteiger partial charge in [0.05, 0.1) is 12.6 Å². The van der Waals surface area contributed by atoms with Crippen LogP contribution in [0.25, 0.3) is 21.8 Å². The van der Waals surface area contributed by atoms with Crippen molar-refractivity contribution in [2.45, 2.75) is 122 Å². The number of rotatable bonds is 21. The second-order valence-corrected chi connectivity index (χ2v) is 12.9. The van der Waals surface area contributed by atoms with E-state index in [4.69, 9.17) is 0 Å². The number of nitrogens with zero attached hydrogens (tertiary/aromatic N) is 1. The predicted octanol–water partition coefficient (Wildman–Crippen LogP) is 10.5. The van der Waals surface area contributed by atoms with E-state index in [2.05, 4.69) is 85.1 Å². The van der Waals surface area contributed by atoms with Gasteiger partial charge < -0.3 is 15.0 Å². The van der Waals surface area contributed by atoms with Gasteiger partial charge in [0.1, 0.15) is 0 Å². The Balaban J connectivity index is 1.21. The summed E-state index contributed by atoms with van der Waals surface area (Å²) in [5.74, 6) is 0. The monoisotopic (exact) mass is 648 g/mol. The molecule has 1 unspecified atom stereocenters. The molecule has 0 aliphatic rings. The highest BCUT2D eigenvalue weighted by Gasteiger charge is 2.14. The lowest BCUT2D eigenvalue weighted by Gasteiger charge is -2.15. The predicted molar refractivity (Wildman–Crippen MR) is 173 cm³/mol. The van der Waals surface area contributed by atoms with Gasteiger partial charge in [-0.15, -0.1) is 0 Å². The highest BCUT2D eigenvalue weighted by molar-refractivity contribution is 9.10. The van der Waals surface area contributed by atoms with Crippen molar-refractivity contribution in [3.8, 4) is 0 Å². The summed E-state index contributed by atoms with van der Waals surface area (Å²) in [5, 5.41) is 16.7. The molecule has 0 amide bonds. The molecule has 212 valence electrons. The molecule has 0 saturated carbocycles. The van der Waals surface area contributed by atoms with Gasteiger partial charge in [0, 0.05) is 37.3 Å². The highest BCUT2D eigenvalue weighted by Crippen LogP contribution is 2.33. The van der Waals surface area contributed by atoms with Gasteiger partial charge in [-0.1, -0.05) is 135 Å². The minimum Gasteiger partial charge on any atom is -0.390 e. The van der Waals surface area contributed by atoms with Crippen LogP contribution < -0.4 is 5.32 Å². The maximum absolute atomic E-state index is 10.8. The van der Waals surface area contributed by atoms with Crippen molar-refractivity contribution < 1.29 is 5.11 Å². The van der Waals surface area contributed by atoms with Crippen LogP contribution in [0.15, 0.2) is 45.3 Å². The lowest BCUT2D eigenvalue weighted by molar-refractivity contribution is 0.154. The zero-order valence-corrected chi connectivity index (χ0v) is 26.8. The van der Waals surface area contributed by atoms with Gasteiger partial charge in [0.2, 0.25) is 0 Å². The zero-order valence-electron chi connectivity index (χ0n) is 23.6. The summed E-state index contributed by atoms with van der Waals surface area (Å²) in [6.45, 7) is 4.50. The van der Waals surface area contributed by atoms with Gasteiger partial charge in [0.25, 0.3) is 0 Å². The smallest absolute Gasteiger partial charge is 0.0843 e. The Hall–Kier alpha value is -0.880. The van der Waals surface area contributed by atoms with Crippen LogP contribution in [-0.2, 0) is 6.54 Å². The number of fused-ring (bicyclic) bond motifs is 3. The Morgan fingerprint density at radius 3 is 1.53 bits per heavy atom. The first-order valence-corrected chi connectivity index (χ1v) is 16.9. The Kier molecular flexibility index (Phi) is 15.4. The summed E-state index contributed by atoms with van der Waals surface area (Å²) in [5.41, 5.74) is 2.33. The molecule has 1 aromatic heterocycles. The molecular weight excluding hydrogens is 600 g/mol. The van der Waals surface area contributed by atoms with Gasteiger partial charge in [0.15, 0.2) is 0 Å². The van der Waals surface area contributed by atoms with E-state index in [0.717, 1.165) is 26.5 Å². The fourth-order valence-corrected chi connectivity index (χ4v) is 6.31. The summed E-state index contributed by atoms with van der Waals surface area (Å²) in [7, 11) is 0. The number of halogens is 2. The van der Waals surface area contributed by atoms with Crippen LogP contribution in [0.1, 0.15) is 110 Å². The van der Waals surface area contributed by atoms with Gasteiger partial charge in [-0.25, -0.2) is 0 Å². The molecule has 0 saturated heterocycles. The summed E-state index contributed by atoms with van der Waals surface area (Å²) in [6.07, 6.45) is 21.9. The van der Waals surface area contributed by atoms with Crippen molar-refractivity contribution >= 4 is 53.7 Å². The Morgan fingerprint density at radius 2 is 1.08 bits per heavy atom. The molecule has 0 spiro atoms. The van der Waals surface area contributed by atoms with Crippen LogP contribution in [-0.4, -0.2) is 28.9 Å².